The van der Waals surface area contributed by atoms with Crippen LogP contribution in [0.4, 0.5) is 4.79 Å². The van der Waals surface area contributed by atoms with Crippen LogP contribution in [0.25, 0.3) is 11.1 Å². The summed E-state index contributed by atoms with van der Waals surface area (Å²) in [5.74, 6) is -1.50. The number of nitrogens with zero attached hydrogens (tertiary/aromatic N) is 1. The highest BCUT2D eigenvalue weighted by molar-refractivity contribution is 5.87. The number of carboxylic acid groups (broad SMARTS) is 1. The zero-order chi connectivity index (χ0) is 25.0. The molecule has 0 bridgehead atoms. The van der Waals surface area contributed by atoms with Crippen molar-refractivity contribution in [2.75, 3.05) is 13.2 Å². The highest BCUT2D eigenvalue weighted by atomic mass is 16.5. The predicted octanol–water partition coefficient (Wildman–Crippen LogP) is 4.65. The monoisotopic (exact) mass is 466 g/mol. The third kappa shape index (κ3) is 5.08. The van der Waals surface area contributed by atoms with Gasteiger partial charge in [0.2, 0.25) is 5.91 Å². The number of amides is 2. The summed E-state index contributed by atoms with van der Waals surface area (Å²) in [6.07, 6.45) is -0.597. The van der Waals surface area contributed by atoms with Gasteiger partial charge in [-0.2, -0.15) is 0 Å². The lowest BCUT2D eigenvalue weighted by molar-refractivity contribution is -0.157. The average Bonchev–Trinajstić information content (AvgIpc) is 3.11. The second-order valence-corrected chi connectivity index (χ2v) is 9.53. The fraction of sp³-hybridized carbons (Fsp3) is 0.444. The van der Waals surface area contributed by atoms with Crippen molar-refractivity contribution in [3.8, 4) is 11.1 Å². The van der Waals surface area contributed by atoms with Crippen LogP contribution in [0.5, 0.6) is 0 Å². The molecule has 0 fully saturated rings. The molecule has 3 rings (SSSR count). The Morgan fingerprint density at radius 1 is 1.03 bits per heavy atom. The highest BCUT2D eigenvalue weighted by Gasteiger charge is 2.38. The maximum atomic E-state index is 12.9. The second kappa shape index (κ2) is 10.3. The molecule has 0 saturated heterocycles. The number of benzene rings is 2. The van der Waals surface area contributed by atoms with E-state index in [1.54, 1.807) is 6.92 Å². The maximum Gasteiger partial charge on any atom is 0.407 e. The zero-order valence-corrected chi connectivity index (χ0v) is 20.5. The number of likely N-dealkylation sites (N-methyl/N-ethyl adjacent to an activating group) is 1. The van der Waals surface area contributed by atoms with Gasteiger partial charge in [-0.05, 0) is 48.9 Å². The van der Waals surface area contributed by atoms with Gasteiger partial charge in [0.1, 0.15) is 12.1 Å². The van der Waals surface area contributed by atoms with Crippen LogP contribution in [0.2, 0.25) is 0 Å². The van der Waals surface area contributed by atoms with Gasteiger partial charge >= 0.3 is 12.1 Å². The number of ether oxygens (including phenoxy) is 1. The van der Waals surface area contributed by atoms with E-state index in [0.717, 1.165) is 22.3 Å². The molecule has 182 valence electrons. The van der Waals surface area contributed by atoms with Crippen LogP contribution < -0.4 is 5.32 Å². The number of hydrogen-bond donors (Lipinski definition) is 2. The Morgan fingerprint density at radius 3 is 2.03 bits per heavy atom. The van der Waals surface area contributed by atoms with Gasteiger partial charge in [0, 0.05) is 24.9 Å². The first-order valence-electron chi connectivity index (χ1n) is 11.7. The van der Waals surface area contributed by atoms with E-state index >= 15 is 0 Å². The first-order valence-corrected chi connectivity index (χ1v) is 11.7. The molecule has 34 heavy (non-hydrogen) atoms. The van der Waals surface area contributed by atoms with Crippen molar-refractivity contribution >= 4 is 18.0 Å². The molecule has 1 aliphatic rings. The summed E-state index contributed by atoms with van der Waals surface area (Å²) in [6.45, 7) is 8.99. The predicted molar refractivity (Wildman–Crippen MR) is 131 cm³/mol. The zero-order valence-electron chi connectivity index (χ0n) is 20.5. The Labute approximate surface area is 201 Å². The molecular formula is C27H34N2O5. The van der Waals surface area contributed by atoms with Crippen molar-refractivity contribution in [3.63, 3.8) is 0 Å². The van der Waals surface area contributed by atoms with Gasteiger partial charge in [0.15, 0.2) is 0 Å². The number of alkyl carbamates (subject to hydrolysis) is 1. The normalized spacial score (nSPS) is 13.7. The van der Waals surface area contributed by atoms with Gasteiger partial charge in [-0.15, -0.1) is 0 Å². The maximum absolute atomic E-state index is 12.9. The van der Waals surface area contributed by atoms with E-state index in [0.29, 0.717) is 0 Å². The number of hydrogen-bond acceptors (Lipinski definition) is 4. The van der Waals surface area contributed by atoms with Gasteiger partial charge in [-0.25, -0.2) is 9.59 Å². The largest absolute Gasteiger partial charge is 0.480 e. The summed E-state index contributed by atoms with van der Waals surface area (Å²) in [7, 11) is 0. The topological polar surface area (TPSA) is 95.9 Å². The van der Waals surface area contributed by atoms with Gasteiger partial charge in [0.05, 0.1) is 0 Å². The molecule has 7 nitrogen and oxygen atoms in total. The molecule has 2 aromatic rings. The Kier molecular flexibility index (Phi) is 7.64. The van der Waals surface area contributed by atoms with E-state index in [1.807, 2.05) is 38.1 Å². The lowest BCUT2D eigenvalue weighted by atomic mass is 9.97. The summed E-state index contributed by atoms with van der Waals surface area (Å²) < 4.78 is 5.63. The lowest BCUT2D eigenvalue weighted by Gasteiger charge is -2.35. The molecule has 0 heterocycles. The Bertz CT molecular complexity index is 1020. The van der Waals surface area contributed by atoms with E-state index in [4.69, 9.17) is 4.74 Å². The van der Waals surface area contributed by atoms with Crippen molar-refractivity contribution in [1.82, 2.24) is 10.2 Å². The van der Waals surface area contributed by atoms with E-state index in [2.05, 4.69) is 29.6 Å². The minimum atomic E-state index is -1.34. The fourth-order valence-corrected chi connectivity index (χ4v) is 4.54. The smallest absolute Gasteiger partial charge is 0.407 e. The molecule has 0 aliphatic heterocycles. The average molecular weight is 467 g/mol. The van der Waals surface area contributed by atoms with Crippen molar-refractivity contribution in [2.45, 2.75) is 58.5 Å². The number of carbonyl (C=O) groups excluding carboxylic acids is 2. The summed E-state index contributed by atoms with van der Waals surface area (Å²) in [5.41, 5.74) is 3.22. The standard InChI is InChI=1S/C27H34N2O5/c1-6-29(27(4,5)25(31)32)24(30)15-23(17(2)3)28-26(33)34-16-22-20-13-9-7-11-18(20)19-12-8-10-14-21(19)22/h7-14,17,22-23H,6,15-16H2,1-5H3,(H,28,33)(H,31,32). The van der Waals surface area contributed by atoms with Crippen LogP contribution in [-0.2, 0) is 14.3 Å². The Morgan fingerprint density at radius 2 is 1.56 bits per heavy atom. The summed E-state index contributed by atoms with van der Waals surface area (Å²) >= 11 is 0. The van der Waals surface area contributed by atoms with Crippen LogP contribution in [0, 0.1) is 5.92 Å². The highest BCUT2D eigenvalue weighted by Crippen LogP contribution is 2.44. The molecule has 2 amide bonds. The van der Waals surface area contributed by atoms with Crippen molar-refractivity contribution in [2.24, 2.45) is 5.92 Å². The first-order chi connectivity index (χ1) is 16.1. The first kappa shape index (κ1) is 25.3. The van der Waals surface area contributed by atoms with Gasteiger partial charge in [0.25, 0.3) is 0 Å². The Hall–Kier alpha value is -3.35. The summed E-state index contributed by atoms with van der Waals surface area (Å²) in [6, 6.07) is 15.7. The molecule has 7 heteroatoms. The molecule has 0 saturated carbocycles. The van der Waals surface area contributed by atoms with Crippen molar-refractivity contribution in [1.29, 1.82) is 0 Å². The number of fused-ring (bicyclic) bond motifs is 3. The van der Waals surface area contributed by atoms with Gasteiger partial charge in [-0.1, -0.05) is 62.4 Å². The molecule has 2 aromatic carbocycles. The van der Waals surface area contributed by atoms with Gasteiger partial charge in [-0.3, -0.25) is 4.79 Å². The fourth-order valence-electron chi connectivity index (χ4n) is 4.54. The minimum absolute atomic E-state index is 0.00753. The number of carbonyl (C=O) groups is 3. The van der Waals surface area contributed by atoms with Crippen LogP contribution in [-0.4, -0.2) is 52.7 Å². The molecule has 1 aliphatic carbocycles. The molecule has 1 unspecified atom stereocenters. The third-order valence-corrected chi connectivity index (χ3v) is 6.66. The summed E-state index contributed by atoms with van der Waals surface area (Å²) in [4.78, 5) is 38.6. The molecule has 0 aromatic heterocycles. The van der Waals surface area contributed by atoms with Crippen LogP contribution in [0.15, 0.2) is 48.5 Å². The van der Waals surface area contributed by atoms with E-state index in [9.17, 15) is 19.5 Å². The SMILES string of the molecule is CCN(C(=O)CC(NC(=O)OCC1c2ccccc2-c2ccccc21)C(C)C)C(C)(C)C(=O)O. The van der Waals surface area contributed by atoms with Crippen molar-refractivity contribution in [3.05, 3.63) is 59.7 Å². The van der Waals surface area contributed by atoms with E-state index in [1.165, 1.54) is 18.7 Å². The molecular weight excluding hydrogens is 432 g/mol. The molecule has 2 N–H and O–H groups in total. The lowest BCUT2D eigenvalue weighted by Crippen LogP contribution is -2.54. The minimum Gasteiger partial charge on any atom is -0.480 e. The molecule has 0 radical (unpaired) electrons. The van der Waals surface area contributed by atoms with Crippen LogP contribution in [0.3, 0.4) is 0 Å². The third-order valence-electron chi connectivity index (χ3n) is 6.66. The Balaban J connectivity index is 1.66. The van der Waals surface area contributed by atoms with E-state index < -0.39 is 23.6 Å². The van der Waals surface area contributed by atoms with E-state index in [-0.39, 0.29) is 37.3 Å². The van der Waals surface area contributed by atoms with Crippen LogP contribution in [0.1, 0.15) is 58.1 Å². The number of aliphatic carboxylic acids is 1. The number of nitrogens with one attached hydrogen (secondary N) is 1. The number of carboxylic acids is 1. The quantitative estimate of drug-likeness (QED) is 0.561. The number of rotatable bonds is 9. The van der Waals surface area contributed by atoms with Gasteiger partial charge < -0.3 is 20.1 Å². The molecule has 1 atom stereocenters. The summed E-state index contributed by atoms with van der Waals surface area (Å²) in [5, 5.41) is 12.3. The van der Waals surface area contributed by atoms with Crippen molar-refractivity contribution < 1.29 is 24.2 Å². The van der Waals surface area contributed by atoms with Crippen LogP contribution >= 0.6 is 0 Å². The molecule has 0 spiro atoms. The second-order valence-electron chi connectivity index (χ2n) is 9.53.